The first-order chi connectivity index (χ1) is 24.7. The van der Waals surface area contributed by atoms with Crippen LogP contribution in [0.4, 0.5) is 0 Å². The molecule has 0 radical (unpaired) electrons. The molecule has 14 heteroatoms. The van der Waals surface area contributed by atoms with Gasteiger partial charge in [-0.15, -0.1) is 4.99 Å². The molecule has 5 rings (SSSR count). The highest BCUT2D eigenvalue weighted by molar-refractivity contribution is 5.82. The fraction of sp³-hybridized carbons (Fsp3) is 0.842. The summed E-state index contributed by atoms with van der Waals surface area (Å²) in [7, 11) is 0. The molecular weight excluding hydrogens is 674 g/mol. The lowest BCUT2D eigenvalue weighted by atomic mass is 9.66. The third-order valence-electron chi connectivity index (χ3n) is 12.4. The van der Waals surface area contributed by atoms with Crippen LogP contribution in [-0.4, -0.2) is 123 Å². The number of ether oxygens (including phenoxy) is 3. The number of rotatable bonds is 16. The molecule has 2 aliphatic carbocycles. The number of carbonyl (C=O) groups is 2. The van der Waals surface area contributed by atoms with Crippen molar-refractivity contribution in [1.82, 2.24) is 5.32 Å². The summed E-state index contributed by atoms with van der Waals surface area (Å²) in [6, 6.07) is 0. The number of amides is 1. The molecular formula is C38H62N3O11+. The fourth-order valence-electron chi connectivity index (χ4n) is 9.21. The quantitative estimate of drug-likeness (QED) is 0.105. The number of primary amides is 1. The van der Waals surface area contributed by atoms with E-state index in [0.29, 0.717) is 56.9 Å². The monoisotopic (exact) mass is 736 g/mol. The number of hydrogen-bond donors (Lipinski definition) is 8. The number of hydrogen-bond acceptors (Lipinski definition) is 12. The number of fused-ring (bicyclic) bond motifs is 1. The van der Waals surface area contributed by atoms with E-state index in [1.807, 2.05) is 12.3 Å². The van der Waals surface area contributed by atoms with E-state index < -0.39 is 78.5 Å². The van der Waals surface area contributed by atoms with Crippen molar-refractivity contribution in [3.8, 4) is 0 Å². The number of carboxylic acids is 1. The van der Waals surface area contributed by atoms with E-state index in [4.69, 9.17) is 19.9 Å². The lowest BCUT2D eigenvalue weighted by Gasteiger charge is -2.52. The van der Waals surface area contributed by atoms with E-state index in [9.17, 15) is 40.2 Å². The summed E-state index contributed by atoms with van der Waals surface area (Å²) in [4.78, 5) is 28.9. The van der Waals surface area contributed by atoms with Crippen molar-refractivity contribution in [2.24, 2.45) is 46.2 Å². The van der Waals surface area contributed by atoms with Crippen LogP contribution in [0.2, 0.25) is 0 Å². The summed E-state index contributed by atoms with van der Waals surface area (Å²) in [5.41, 5.74) is 4.67. The van der Waals surface area contributed by atoms with Gasteiger partial charge in [0, 0.05) is 31.2 Å². The topological polar surface area (TPSA) is 234 Å². The number of nitrogens with one attached hydrogen (secondary N) is 1. The minimum atomic E-state index is -2.23. The number of nitrogens with two attached hydrogens (primary N) is 1. The first kappa shape index (κ1) is 41.0. The van der Waals surface area contributed by atoms with E-state index in [-0.39, 0.29) is 30.7 Å². The van der Waals surface area contributed by atoms with Gasteiger partial charge in [0.15, 0.2) is 24.2 Å². The van der Waals surface area contributed by atoms with Crippen molar-refractivity contribution >= 4 is 18.1 Å². The third-order valence-corrected chi connectivity index (χ3v) is 12.4. The molecule has 9 N–H and O–H groups in total. The maximum Gasteiger partial charge on any atom is 0.335 e. The zero-order valence-corrected chi connectivity index (χ0v) is 30.8. The number of aliphatic hydroxyl groups excluding tert-OH is 4. The van der Waals surface area contributed by atoms with Gasteiger partial charge in [0.25, 0.3) is 0 Å². The largest absolute Gasteiger partial charge is 0.479 e. The highest BCUT2D eigenvalue weighted by atomic mass is 16.7. The predicted molar refractivity (Wildman–Crippen MR) is 190 cm³/mol. The van der Waals surface area contributed by atoms with Gasteiger partial charge in [0.05, 0.1) is 30.5 Å². The van der Waals surface area contributed by atoms with Crippen LogP contribution in [0, 0.1) is 42.1 Å². The minimum absolute atomic E-state index is 0.0196. The number of aliphatic carboxylic acids is 1. The smallest absolute Gasteiger partial charge is 0.335 e. The van der Waals surface area contributed by atoms with Crippen LogP contribution in [0.25, 0.3) is 0 Å². The maximum atomic E-state index is 12.6. The Kier molecular flexibility index (Phi) is 14.2. The van der Waals surface area contributed by atoms with Crippen molar-refractivity contribution in [3.05, 3.63) is 18.2 Å². The number of aliphatic imine (C=N–C) groups is 1. The van der Waals surface area contributed by atoms with Crippen molar-refractivity contribution in [3.63, 3.8) is 0 Å². The van der Waals surface area contributed by atoms with Gasteiger partial charge in [-0.05, 0) is 68.7 Å². The van der Waals surface area contributed by atoms with Gasteiger partial charge in [-0.2, -0.15) is 0 Å². The van der Waals surface area contributed by atoms with Crippen LogP contribution in [-0.2, 0) is 23.8 Å². The Bertz CT molecular complexity index is 1260. The van der Waals surface area contributed by atoms with Crippen LogP contribution in [0.1, 0.15) is 91.4 Å². The number of carbonyl (C=O) groups excluding carboxylic acids is 1. The van der Waals surface area contributed by atoms with Gasteiger partial charge in [0.2, 0.25) is 5.91 Å². The molecule has 13 unspecified atom stereocenters. The Morgan fingerprint density at radius 1 is 1.04 bits per heavy atom. The van der Waals surface area contributed by atoms with Crippen LogP contribution < -0.4 is 11.1 Å². The summed E-state index contributed by atoms with van der Waals surface area (Å²) in [6.45, 7) is 8.57. The van der Waals surface area contributed by atoms with E-state index >= 15 is 0 Å². The molecule has 14 nitrogen and oxygen atoms in total. The molecule has 0 aromatic heterocycles. The van der Waals surface area contributed by atoms with Crippen molar-refractivity contribution < 1.29 is 54.4 Å². The van der Waals surface area contributed by atoms with Gasteiger partial charge in [-0.25, -0.2) is 4.79 Å². The molecule has 0 bridgehead atoms. The van der Waals surface area contributed by atoms with Gasteiger partial charge < -0.3 is 55.9 Å². The Hall–Kier alpha value is -2.14. The van der Waals surface area contributed by atoms with Crippen molar-refractivity contribution in [2.45, 2.75) is 152 Å². The molecule has 0 spiro atoms. The molecule has 1 amide bonds. The molecule has 2 saturated carbocycles. The second-order valence-corrected chi connectivity index (χ2v) is 16.6. The molecule has 5 aliphatic rings. The Balaban J connectivity index is 1.27. The zero-order chi connectivity index (χ0) is 37.7. The molecule has 2 saturated heterocycles. The average molecular weight is 737 g/mol. The summed E-state index contributed by atoms with van der Waals surface area (Å²) < 4.78 is 18.3. The van der Waals surface area contributed by atoms with E-state index in [1.165, 1.54) is 0 Å². The first-order valence-corrected chi connectivity index (χ1v) is 19.4. The molecule has 3 aliphatic heterocycles. The fourth-order valence-corrected chi connectivity index (χ4v) is 9.21. The van der Waals surface area contributed by atoms with Gasteiger partial charge in [-0.1, -0.05) is 40.0 Å². The van der Waals surface area contributed by atoms with Gasteiger partial charge in [0.1, 0.15) is 30.4 Å². The Morgan fingerprint density at radius 2 is 1.77 bits per heavy atom. The second kappa shape index (κ2) is 18.0. The minimum Gasteiger partial charge on any atom is -0.479 e. The van der Waals surface area contributed by atoms with Crippen LogP contribution in [0.3, 0.4) is 0 Å². The number of allylic oxidation sites excluding steroid dienone is 1. The van der Waals surface area contributed by atoms with E-state index in [2.05, 4.69) is 31.1 Å². The average Bonchev–Trinajstić information content (AvgIpc) is 3.61. The van der Waals surface area contributed by atoms with Crippen LogP contribution in [0.5, 0.6) is 0 Å². The first-order valence-electron chi connectivity index (χ1n) is 19.4. The lowest BCUT2D eigenvalue weighted by molar-refractivity contribution is -0.346. The number of carboxylic acid groups (broad SMARTS) is 1. The summed E-state index contributed by atoms with van der Waals surface area (Å²) in [5.74, 6) is -1.92. The van der Waals surface area contributed by atoms with Crippen LogP contribution >= 0.6 is 0 Å². The standard InChI is InChI=1S/C38H61N3O11/c1-20(2)5-4-6-21(3)24(15-22-13-14-40-17-22)18-41-19-38(49)34(45)31(44)33(36(47)48)52-37(38)50-26-11-12-27-28(16-26)51-32(35(39)46)29(30(27)43)23-7-9-25(42)10-8-23/h13-14,17,20-21,23-34,37,41-45,49H,4-12,15-16,18-19H2,1-3H3,(H2-,39,46,47,48)/p+1. The van der Waals surface area contributed by atoms with Gasteiger partial charge >= 0.3 is 5.97 Å². The predicted octanol–water partition coefficient (Wildman–Crippen LogP) is 1.45. The maximum absolute atomic E-state index is 12.6. The Morgan fingerprint density at radius 3 is 2.40 bits per heavy atom. The van der Waals surface area contributed by atoms with Crippen molar-refractivity contribution in [1.29, 1.82) is 0 Å². The highest BCUT2D eigenvalue weighted by Gasteiger charge is 2.59. The molecule has 52 heavy (non-hydrogen) atoms. The molecule has 13 atom stereocenters. The third kappa shape index (κ3) is 9.56. The SMILES string of the molecule is CC(C)CCCC(C)C(CNCC1(O)C(OC2CCC3C(C2)OC(C(N)=O)C(C2CCC(O)CC2)C3O)OC(C(=O)O)C(O)C1O)CC1=C[CH+]N=C1. The van der Waals surface area contributed by atoms with Crippen molar-refractivity contribution in [2.75, 3.05) is 13.1 Å². The highest BCUT2D eigenvalue weighted by Crippen LogP contribution is 2.46. The normalized spacial score (nSPS) is 40.4. The molecule has 294 valence electrons. The lowest BCUT2D eigenvalue weighted by Crippen LogP contribution is -2.71. The van der Waals surface area contributed by atoms with E-state index in [1.54, 1.807) is 6.54 Å². The second-order valence-electron chi connectivity index (χ2n) is 16.6. The van der Waals surface area contributed by atoms with Crippen LogP contribution in [0.15, 0.2) is 16.6 Å². The Labute approximate surface area is 307 Å². The molecule has 3 heterocycles. The zero-order valence-electron chi connectivity index (χ0n) is 30.8. The summed E-state index contributed by atoms with van der Waals surface area (Å²) >= 11 is 0. The summed E-state index contributed by atoms with van der Waals surface area (Å²) in [6.07, 6.45) is 0.462. The number of nitrogens with zero attached hydrogens (tertiary/aromatic N) is 1. The molecule has 0 aromatic carbocycles. The number of aliphatic hydroxyl groups is 5. The van der Waals surface area contributed by atoms with Gasteiger partial charge in [-0.3, -0.25) is 4.79 Å². The summed E-state index contributed by atoms with van der Waals surface area (Å²) in [5, 5.41) is 68.8. The molecule has 0 aromatic rings. The molecule has 4 fully saturated rings. The van der Waals surface area contributed by atoms with E-state index in [0.717, 1.165) is 31.3 Å².